The van der Waals surface area contributed by atoms with Crippen molar-refractivity contribution in [1.29, 1.82) is 0 Å². The molecule has 0 aromatic carbocycles. The zero-order chi connectivity index (χ0) is 23.0. The first-order valence-corrected chi connectivity index (χ1v) is 11.8. The Bertz CT molecular complexity index is 1170. The molecular formula is C17H13ClN6O5S3. The van der Waals surface area contributed by atoms with Crippen LogP contribution in [0.25, 0.3) is 0 Å². The number of nitrogens with zero attached hydrogens (tertiary/aromatic N) is 4. The summed E-state index contributed by atoms with van der Waals surface area (Å²) in [7, 11) is 0. The van der Waals surface area contributed by atoms with Crippen LogP contribution in [0, 0.1) is 0 Å². The molecule has 32 heavy (non-hydrogen) atoms. The molecule has 0 saturated carbocycles. The van der Waals surface area contributed by atoms with Crippen LogP contribution >= 0.6 is 46.5 Å². The molecular weight excluding hydrogens is 500 g/mol. The molecule has 2 amide bonds. The molecule has 2 atom stereocenters. The number of aliphatic carboxylic acids is 1. The number of amides is 2. The number of hydrogen-bond acceptors (Lipinski definition) is 11. The van der Waals surface area contributed by atoms with E-state index in [0.29, 0.717) is 10.7 Å². The lowest BCUT2D eigenvalue weighted by Gasteiger charge is -2.49. The van der Waals surface area contributed by atoms with Crippen molar-refractivity contribution in [2.75, 3.05) is 11.5 Å². The first-order valence-electron chi connectivity index (χ1n) is 8.76. The molecule has 0 spiro atoms. The molecule has 0 bridgehead atoms. The van der Waals surface area contributed by atoms with Gasteiger partial charge in [-0.3, -0.25) is 19.5 Å². The summed E-state index contributed by atoms with van der Waals surface area (Å²) in [6.45, 7) is 0. The van der Waals surface area contributed by atoms with Crippen molar-refractivity contribution in [3.63, 3.8) is 0 Å². The minimum Gasteiger partial charge on any atom is -0.477 e. The van der Waals surface area contributed by atoms with Gasteiger partial charge < -0.3 is 21.4 Å². The Morgan fingerprint density at radius 3 is 2.69 bits per heavy atom. The van der Waals surface area contributed by atoms with Gasteiger partial charge in [-0.05, 0) is 12.1 Å². The molecule has 2 aliphatic rings. The molecule has 0 unspecified atom stereocenters. The van der Waals surface area contributed by atoms with Crippen molar-refractivity contribution in [2.24, 2.45) is 5.16 Å². The summed E-state index contributed by atoms with van der Waals surface area (Å²) < 4.78 is 0.0490. The van der Waals surface area contributed by atoms with Crippen LogP contribution in [0.2, 0.25) is 4.34 Å². The normalized spacial score (nSPS) is 20.6. The van der Waals surface area contributed by atoms with Crippen molar-refractivity contribution >= 4 is 75.1 Å². The number of carbonyl (C=O) groups is 3. The largest absolute Gasteiger partial charge is 0.477 e. The van der Waals surface area contributed by atoms with Gasteiger partial charge in [0, 0.05) is 27.9 Å². The second-order valence-corrected chi connectivity index (χ2v) is 10.3. The molecule has 4 rings (SSSR count). The van der Waals surface area contributed by atoms with Crippen LogP contribution in [0.15, 0.2) is 45.2 Å². The van der Waals surface area contributed by atoms with Crippen molar-refractivity contribution < 1.29 is 24.7 Å². The van der Waals surface area contributed by atoms with Gasteiger partial charge in [0.05, 0.1) is 0 Å². The number of carbonyl (C=O) groups excluding carboxylic acids is 2. The Labute approximate surface area is 197 Å². The average Bonchev–Trinajstić information content (AvgIpc) is 3.10. The summed E-state index contributed by atoms with van der Waals surface area (Å²) >= 11 is 9.41. The molecule has 1 fully saturated rings. The van der Waals surface area contributed by atoms with Crippen LogP contribution in [0.3, 0.4) is 0 Å². The number of oxime groups is 1. The lowest BCUT2D eigenvalue weighted by Crippen LogP contribution is -2.71. The van der Waals surface area contributed by atoms with Gasteiger partial charge in [0.2, 0.25) is 0 Å². The van der Waals surface area contributed by atoms with Crippen LogP contribution in [-0.2, 0) is 14.4 Å². The van der Waals surface area contributed by atoms with Crippen molar-refractivity contribution in [1.82, 2.24) is 20.2 Å². The number of carboxylic acids is 1. The molecule has 0 aliphatic carbocycles. The molecule has 5 N–H and O–H groups in total. The fourth-order valence-electron chi connectivity index (χ4n) is 3.09. The van der Waals surface area contributed by atoms with Gasteiger partial charge in [-0.15, -0.1) is 11.8 Å². The SMILES string of the molecule is Nc1nc(/C(=N\O)C(=O)N[C@@H]2C(=O)N3C(C(=O)O)=C(Sc4ccncc4)CS[C@H]23)c(Cl)s1. The summed E-state index contributed by atoms with van der Waals surface area (Å²) in [5, 5.41) is 23.9. The smallest absolute Gasteiger partial charge is 0.353 e. The number of carboxylic acid groups (broad SMARTS) is 1. The predicted octanol–water partition coefficient (Wildman–Crippen LogP) is 1.44. The third-order valence-corrected chi connectivity index (χ3v) is 8.09. The van der Waals surface area contributed by atoms with E-state index in [1.54, 1.807) is 24.5 Å². The van der Waals surface area contributed by atoms with Crippen molar-refractivity contribution in [3.8, 4) is 0 Å². The zero-order valence-electron chi connectivity index (χ0n) is 15.8. The number of rotatable bonds is 6. The Balaban J connectivity index is 1.53. The fraction of sp³-hybridized carbons (Fsp3) is 0.176. The van der Waals surface area contributed by atoms with Gasteiger partial charge in [0.1, 0.15) is 27.1 Å². The summed E-state index contributed by atoms with van der Waals surface area (Å²) in [6.07, 6.45) is 3.18. The van der Waals surface area contributed by atoms with E-state index in [-0.39, 0.29) is 20.9 Å². The number of thioether (sulfide) groups is 2. The van der Waals surface area contributed by atoms with E-state index in [1.807, 2.05) is 0 Å². The molecule has 2 aromatic rings. The highest BCUT2D eigenvalue weighted by molar-refractivity contribution is 8.06. The van der Waals surface area contributed by atoms with E-state index in [9.17, 15) is 24.7 Å². The predicted molar refractivity (Wildman–Crippen MR) is 120 cm³/mol. The average molecular weight is 513 g/mol. The van der Waals surface area contributed by atoms with E-state index >= 15 is 0 Å². The monoisotopic (exact) mass is 512 g/mol. The Kier molecular flexibility index (Phi) is 6.28. The Morgan fingerprint density at radius 1 is 1.38 bits per heavy atom. The molecule has 11 nitrogen and oxygen atoms in total. The summed E-state index contributed by atoms with van der Waals surface area (Å²) in [4.78, 5) is 47.6. The molecule has 2 aliphatic heterocycles. The summed E-state index contributed by atoms with van der Waals surface area (Å²) in [5.41, 5.74) is 4.81. The van der Waals surface area contributed by atoms with E-state index in [1.165, 1.54) is 23.5 Å². The minimum atomic E-state index is -1.24. The molecule has 4 heterocycles. The van der Waals surface area contributed by atoms with Crippen molar-refractivity contribution in [3.05, 3.63) is 45.2 Å². The van der Waals surface area contributed by atoms with Gasteiger partial charge >= 0.3 is 5.97 Å². The number of nitrogens with one attached hydrogen (secondary N) is 1. The Morgan fingerprint density at radius 2 is 2.09 bits per heavy atom. The van der Waals surface area contributed by atoms with E-state index in [2.05, 4.69) is 20.4 Å². The summed E-state index contributed by atoms with van der Waals surface area (Å²) in [6, 6.07) is 2.46. The summed E-state index contributed by atoms with van der Waals surface area (Å²) in [5.74, 6) is -2.41. The lowest BCUT2D eigenvalue weighted by atomic mass is 10.0. The number of halogens is 1. The van der Waals surface area contributed by atoms with Gasteiger partial charge in [0.25, 0.3) is 11.8 Å². The minimum absolute atomic E-state index is 0.0490. The van der Waals surface area contributed by atoms with Crippen LogP contribution in [0.5, 0.6) is 0 Å². The number of fused-ring (bicyclic) bond motifs is 1. The standard InChI is InChI=1S/C17H13ClN6O5S3/c18-12-8(22-17(19)32-12)9(23-29)13(25)21-10-14(26)24-11(16(27)28)7(5-30-15(10)24)31-6-1-3-20-4-2-6/h1-4,10,15,29H,5H2,(H2,19,22)(H,21,25)(H,27,28)/b23-9+/t10-,15-/m1/s1. The number of anilines is 1. The van der Waals surface area contributed by atoms with E-state index in [0.717, 1.165) is 21.1 Å². The highest BCUT2D eigenvalue weighted by Crippen LogP contribution is 2.45. The molecule has 0 radical (unpaired) electrons. The van der Waals surface area contributed by atoms with Crippen molar-refractivity contribution in [2.45, 2.75) is 16.3 Å². The topological polar surface area (TPSA) is 171 Å². The fourth-order valence-corrected chi connectivity index (χ4v) is 6.48. The first-order chi connectivity index (χ1) is 15.3. The second kappa shape index (κ2) is 8.97. The number of pyridine rings is 1. The maximum Gasteiger partial charge on any atom is 0.353 e. The van der Waals surface area contributed by atoms with Gasteiger partial charge in [-0.25, -0.2) is 9.78 Å². The first kappa shape index (κ1) is 22.4. The molecule has 2 aromatic heterocycles. The number of thiazole rings is 1. The van der Waals surface area contributed by atoms with Gasteiger partial charge in [-0.2, -0.15) is 0 Å². The molecule has 166 valence electrons. The highest BCUT2D eigenvalue weighted by Gasteiger charge is 2.54. The van der Waals surface area contributed by atoms with E-state index < -0.39 is 34.9 Å². The Hall–Kier alpha value is -2.81. The van der Waals surface area contributed by atoms with E-state index in [4.69, 9.17) is 17.3 Å². The van der Waals surface area contributed by atoms with Crippen LogP contribution in [0.1, 0.15) is 5.69 Å². The number of aromatic nitrogens is 2. The number of hydrogen-bond donors (Lipinski definition) is 4. The maximum absolute atomic E-state index is 12.8. The lowest BCUT2D eigenvalue weighted by molar-refractivity contribution is -0.150. The molecule has 15 heteroatoms. The second-order valence-electron chi connectivity index (χ2n) is 6.35. The molecule has 1 saturated heterocycles. The third-order valence-electron chi connectivity index (χ3n) is 4.46. The number of nitrogen functional groups attached to an aromatic ring is 1. The quantitative estimate of drug-likeness (QED) is 0.192. The van der Waals surface area contributed by atoms with Crippen LogP contribution in [-0.4, -0.2) is 65.8 Å². The maximum atomic E-state index is 12.8. The number of nitrogens with two attached hydrogens (primary N) is 1. The van der Waals surface area contributed by atoms with Gasteiger partial charge in [-0.1, -0.05) is 39.9 Å². The third kappa shape index (κ3) is 4.01. The zero-order valence-corrected chi connectivity index (χ0v) is 19.0. The van der Waals surface area contributed by atoms with Gasteiger partial charge in [0.15, 0.2) is 10.8 Å². The van der Waals surface area contributed by atoms with Crippen LogP contribution < -0.4 is 11.1 Å². The number of β-lactam (4-membered cyclic amide) rings is 1. The highest BCUT2D eigenvalue weighted by atomic mass is 35.5. The van der Waals surface area contributed by atoms with Crippen LogP contribution in [0.4, 0.5) is 5.13 Å².